The Kier molecular flexibility index (Phi) is 8.77. The predicted octanol–water partition coefficient (Wildman–Crippen LogP) is 1.64. The minimum absolute atomic E-state index is 0.150. The van der Waals surface area contributed by atoms with E-state index in [0.717, 1.165) is 0 Å². The van der Waals surface area contributed by atoms with E-state index in [0.29, 0.717) is 11.1 Å². The molecular weight excluding hydrogens is 358 g/mol. The summed E-state index contributed by atoms with van der Waals surface area (Å²) in [4.78, 5) is 45.8. The summed E-state index contributed by atoms with van der Waals surface area (Å²) >= 11 is 0. The van der Waals surface area contributed by atoms with Crippen molar-refractivity contribution in [3.63, 3.8) is 0 Å². The minimum Gasteiger partial charge on any atom is -0.467 e. The van der Waals surface area contributed by atoms with Crippen LogP contribution in [0.5, 0.6) is 0 Å². The maximum atomic E-state index is 11.9. The number of esters is 3. The molecule has 0 aliphatic carbocycles. The van der Waals surface area contributed by atoms with E-state index >= 15 is 0 Å². The van der Waals surface area contributed by atoms with Crippen LogP contribution in [-0.4, -0.2) is 43.8 Å². The Morgan fingerprint density at radius 1 is 1.00 bits per heavy atom. The van der Waals surface area contributed by atoms with Gasteiger partial charge in [0.2, 0.25) is 0 Å². The Labute approximate surface area is 156 Å². The average molecular weight is 381 g/mol. The standard InChI is InChI=1S/C18H23NO8/c1-5-25-18(23)19-15(16(22)24-4)10-13-6-8-14(9-7-13)17(26-11(2)20)27-12(3)21/h6-9,15,17H,5,10H2,1-4H3,(H,19,23)/t15-/m0/s1. The summed E-state index contributed by atoms with van der Waals surface area (Å²) in [5.74, 6) is -1.82. The van der Waals surface area contributed by atoms with Gasteiger partial charge in [-0.05, 0) is 12.5 Å². The zero-order valence-corrected chi connectivity index (χ0v) is 15.6. The fourth-order valence-corrected chi connectivity index (χ4v) is 2.16. The molecule has 0 aliphatic rings. The van der Waals surface area contributed by atoms with Gasteiger partial charge in [-0.3, -0.25) is 9.59 Å². The molecule has 1 aromatic carbocycles. The largest absolute Gasteiger partial charge is 0.467 e. The molecule has 0 aliphatic heterocycles. The van der Waals surface area contributed by atoms with Gasteiger partial charge in [-0.2, -0.15) is 0 Å². The third-order valence-corrected chi connectivity index (χ3v) is 3.29. The predicted molar refractivity (Wildman–Crippen MR) is 92.4 cm³/mol. The molecule has 148 valence electrons. The summed E-state index contributed by atoms with van der Waals surface area (Å²) in [7, 11) is 1.22. The molecule has 0 aromatic heterocycles. The lowest BCUT2D eigenvalue weighted by molar-refractivity contribution is -0.186. The number of amides is 1. The number of ether oxygens (including phenoxy) is 4. The van der Waals surface area contributed by atoms with E-state index in [1.54, 1.807) is 31.2 Å². The van der Waals surface area contributed by atoms with Gasteiger partial charge in [0, 0.05) is 25.8 Å². The fraction of sp³-hybridized carbons (Fsp3) is 0.444. The highest BCUT2D eigenvalue weighted by molar-refractivity contribution is 5.81. The van der Waals surface area contributed by atoms with E-state index in [1.807, 2.05) is 0 Å². The van der Waals surface area contributed by atoms with Crippen molar-refractivity contribution >= 4 is 24.0 Å². The first-order chi connectivity index (χ1) is 12.8. The van der Waals surface area contributed by atoms with Gasteiger partial charge in [0.05, 0.1) is 13.7 Å². The first-order valence-corrected chi connectivity index (χ1v) is 8.21. The molecule has 0 radical (unpaired) electrons. The monoisotopic (exact) mass is 381 g/mol. The molecule has 0 spiro atoms. The second-order valence-electron chi connectivity index (χ2n) is 5.44. The van der Waals surface area contributed by atoms with Gasteiger partial charge in [-0.15, -0.1) is 0 Å². The minimum atomic E-state index is -1.16. The van der Waals surface area contributed by atoms with Gasteiger partial charge in [-0.25, -0.2) is 9.59 Å². The molecule has 1 amide bonds. The zero-order valence-electron chi connectivity index (χ0n) is 15.6. The zero-order chi connectivity index (χ0) is 20.4. The number of hydrogen-bond acceptors (Lipinski definition) is 8. The molecule has 0 saturated carbocycles. The molecule has 1 aromatic rings. The molecule has 0 bridgehead atoms. The first kappa shape index (κ1) is 21.9. The maximum absolute atomic E-state index is 11.9. The second kappa shape index (κ2) is 10.8. The number of benzene rings is 1. The van der Waals surface area contributed by atoms with Gasteiger partial charge < -0.3 is 24.3 Å². The van der Waals surface area contributed by atoms with Crippen molar-refractivity contribution in [3.8, 4) is 0 Å². The van der Waals surface area contributed by atoms with Crippen molar-refractivity contribution in [3.05, 3.63) is 35.4 Å². The Morgan fingerprint density at radius 2 is 1.56 bits per heavy atom. The molecule has 0 heterocycles. The van der Waals surface area contributed by atoms with E-state index < -0.39 is 36.3 Å². The molecule has 1 N–H and O–H groups in total. The SMILES string of the molecule is CCOC(=O)N[C@@H](Cc1ccc(C(OC(C)=O)OC(C)=O)cc1)C(=O)OC. The van der Waals surface area contributed by atoms with Crippen LogP contribution in [0.2, 0.25) is 0 Å². The van der Waals surface area contributed by atoms with Crippen LogP contribution in [0.25, 0.3) is 0 Å². The molecule has 1 atom stereocenters. The van der Waals surface area contributed by atoms with Gasteiger partial charge >= 0.3 is 24.0 Å². The summed E-state index contributed by atoms with van der Waals surface area (Å²) in [5.41, 5.74) is 1.13. The molecule has 9 nitrogen and oxygen atoms in total. The number of carbonyl (C=O) groups excluding carboxylic acids is 4. The third-order valence-electron chi connectivity index (χ3n) is 3.29. The number of carbonyl (C=O) groups is 4. The number of hydrogen-bond donors (Lipinski definition) is 1. The molecule has 0 unspecified atom stereocenters. The van der Waals surface area contributed by atoms with Crippen LogP contribution in [0.4, 0.5) is 4.79 Å². The summed E-state index contributed by atoms with van der Waals surface area (Å²) in [6.07, 6.45) is -1.74. The van der Waals surface area contributed by atoms with Crippen molar-refractivity contribution in [2.45, 2.75) is 39.5 Å². The topological polar surface area (TPSA) is 117 Å². The maximum Gasteiger partial charge on any atom is 0.407 e. The highest BCUT2D eigenvalue weighted by atomic mass is 16.7. The smallest absolute Gasteiger partial charge is 0.407 e. The third kappa shape index (κ3) is 7.76. The van der Waals surface area contributed by atoms with Gasteiger partial charge in [0.25, 0.3) is 6.29 Å². The molecule has 27 heavy (non-hydrogen) atoms. The van der Waals surface area contributed by atoms with Crippen LogP contribution in [0.15, 0.2) is 24.3 Å². The van der Waals surface area contributed by atoms with Crippen molar-refractivity contribution in [2.24, 2.45) is 0 Å². The first-order valence-electron chi connectivity index (χ1n) is 8.21. The van der Waals surface area contributed by atoms with Gasteiger partial charge in [0.1, 0.15) is 6.04 Å². The Balaban J connectivity index is 2.90. The lowest BCUT2D eigenvalue weighted by Crippen LogP contribution is -2.43. The summed E-state index contributed by atoms with van der Waals surface area (Å²) < 4.78 is 19.4. The van der Waals surface area contributed by atoms with Gasteiger partial charge in [-0.1, -0.05) is 24.3 Å². The van der Waals surface area contributed by atoms with Crippen molar-refractivity contribution < 1.29 is 38.1 Å². The van der Waals surface area contributed by atoms with Crippen LogP contribution in [0, 0.1) is 0 Å². The van der Waals surface area contributed by atoms with E-state index in [2.05, 4.69) is 10.1 Å². The number of alkyl carbamates (subject to hydrolysis) is 1. The summed E-state index contributed by atoms with van der Waals surface area (Å²) in [5, 5.41) is 2.43. The van der Waals surface area contributed by atoms with E-state index in [1.165, 1.54) is 21.0 Å². The van der Waals surface area contributed by atoms with Gasteiger partial charge in [0.15, 0.2) is 0 Å². The number of nitrogens with one attached hydrogen (secondary N) is 1. The molecule has 0 saturated heterocycles. The van der Waals surface area contributed by atoms with Crippen LogP contribution in [0.1, 0.15) is 38.2 Å². The normalized spacial score (nSPS) is 11.3. The fourth-order valence-electron chi connectivity index (χ4n) is 2.16. The van der Waals surface area contributed by atoms with E-state index in [9.17, 15) is 19.2 Å². The van der Waals surface area contributed by atoms with Crippen molar-refractivity contribution in [1.29, 1.82) is 0 Å². The molecule has 9 heteroatoms. The second-order valence-corrected chi connectivity index (χ2v) is 5.44. The van der Waals surface area contributed by atoms with E-state index in [4.69, 9.17) is 14.2 Å². The van der Waals surface area contributed by atoms with Crippen molar-refractivity contribution in [2.75, 3.05) is 13.7 Å². The number of methoxy groups -OCH3 is 1. The molecular formula is C18H23NO8. The summed E-state index contributed by atoms with van der Waals surface area (Å²) in [6, 6.07) is 5.54. The van der Waals surface area contributed by atoms with Crippen LogP contribution in [-0.2, 0) is 39.8 Å². The average Bonchev–Trinajstić information content (AvgIpc) is 2.60. The highest BCUT2D eigenvalue weighted by Crippen LogP contribution is 2.20. The van der Waals surface area contributed by atoms with Crippen LogP contribution < -0.4 is 5.32 Å². The Hall–Kier alpha value is -3.10. The lowest BCUT2D eigenvalue weighted by atomic mass is 10.0. The summed E-state index contributed by atoms with van der Waals surface area (Å²) in [6.45, 7) is 4.22. The quantitative estimate of drug-likeness (QED) is 0.410. The molecule has 0 fully saturated rings. The van der Waals surface area contributed by atoms with Crippen LogP contribution >= 0.6 is 0 Å². The van der Waals surface area contributed by atoms with Crippen LogP contribution in [0.3, 0.4) is 0 Å². The molecule has 1 rings (SSSR count). The number of rotatable bonds is 8. The Bertz CT molecular complexity index is 654. The van der Waals surface area contributed by atoms with E-state index in [-0.39, 0.29) is 13.0 Å². The highest BCUT2D eigenvalue weighted by Gasteiger charge is 2.23. The Morgan fingerprint density at radius 3 is 2.00 bits per heavy atom. The lowest BCUT2D eigenvalue weighted by Gasteiger charge is -2.18. The van der Waals surface area contributed by atoms with Crippen molar-refractivity contribution in [1.82, 2.24) is 5.32 Å².